The van der Waals surface area contributed by atoms with Gasteiger partial charge in [-0.2, -0.15) is 0 Å². The van der Waals surface area contributed by atoms with E-state index in [4.69, 9.17) is 5.73 Å². The third-order valence-electron chi connectivity index (χ3n) is 4.68. The maximum Gasteiger partial charge on any atom is 0.0337 e. The summed E-state index contributed by atoms with van der Waals surface area (Å²) < 4.78 is 0. The topological polar surface area (TPSA) is 32.5 Å². The van der Waals surface area contributed by atoms with Gasteiger partial charge in [-0.3, -0.25) is 4.90 Å². The molecule has 1 aliphatic carbocycles. The van der Waals surface area contributed by atoms with Crippen LogP contribution in [0.2, 0.25) is 0 Å². The number of hydrogen-bond acceptors (Lipinski definition) is 3. The second kappa shape index (κ2) is 7.05. The molecule has 0 aliphatic heterocycles. The summed E-state index contributed by atoms with van der Waals surface area (Å²) in [6.45, 7) is 13.6. The van der Waals surface area contributed by atoms with Gasteiger partial charge in [0, 0.05) is 31.7 Å². The maximum absolute atomic E-state index is 6.16. The molecule has 0 amide bonds. The van der Waals surface area contributed by atoms with Gasteiger partial charge in [0.2, 0.25) is 0 Å². The first kappa shape index (κ1) is 16.9. The van der Waals surface area contributed by atoms with E-state index < -0.39 is 0 Å². The van der Waals surface area contributed by atoms with Crippen molar-refractivity contribution in [3.63, 3.8) is 0 Å². The molecule has 1 rings (SSSR count). The molecule has 0 unspecified atom stereocenters. The minimum absolute atomic E-state index is 0.287. The fraction of sp³-hybridized carbons (Fsp3) is 1.00. The van der Waals surface area contributed by atoms with E-state index in [1.54, 1.807) is 0 Å². The zero-order valence-corrected chi connectivity index (χ0v) is 13.9. The Morgan fingerprint density at radius 1 is 1.11 bits per heavy atom. The second-order valence-electron chi connectivity index (χ2n) is 7.48. The molecule has 0 spiro atoms. The summed E-state index contributed by atoms with van der Waals surface area (Å²) in [5, 5.41) is 0. The lowest BCUT2D eigenvalue weighted by Crippen LogP contribution is -2.64. The number of likely N-dealkylation sites (N-methyl/N-ethyl adjacent to an activating group) is 1. The van der Waals surface area contributed by atoms with Gasteiger partial charge in [-0.1, -0.05) is 27.7 Å². The van der Waals surface area contributed by atoms with Crippen LogP contribution in [0.15, 0.2) is 0 Å². The van der Waals surface area contributed by atoms with Gasteiger partial charge in [0.05, 0.1) is 0 Å². The highest BCUT2D eigenvalue weighted by molar-refractivity contribution is 5.04. The number of hydrogen-bond donors (Lipinski definition) is 1. The summed E-state index contributed by atoms with van der Waals surface area (Å²) in [6, 6.07) is 0. The maximum atomic E-state index is 6.16. The number of rotatable bonds is 8. The van der Waals surface area contributed by atoms with Gasteiger partial charge in [0.15, 0.2) is 0 Å². The normalized spacial score (nSPS) is 27.6. The van der Waals surface area contributed by atoms with E-state index in [-0.39, 0.29) is 5.54 Å². The van der Waals surface area contributed by atoms with Crippen LogP contribution < -0.4 is 5.73 Å². The molecule has 19 heavy (non-hydrogen) atoms. The van der Waals surface area contributed by atoms with Gasteiger partial charge in [-0.15, -0.1) is 0 Å². The molecule has 0 aromatic carbocycles. The van der Waals surface area contributed by atoms with E-state index >= 15 is 0 Å². The van der Waals surface area contributed by atoms with Crippen LogP contribution in [0.1, 0.15) is 40.5 Å². The van der Waals surface area contributed by atoms with Crippen LogP contribution in [0, 0.1) is 17.8 Å². The van der Waals surface area contributed by atoms with Crippen molar-refractivity contribution in [2.24, 2.45) is 23.5 Å². The lowest BCUT2D eigenvalue weighted by atomic mass is 9.63. The number of nitrogens with two attached hydrogens (primary N) is 1. The second-order valence-corrected chi connectivity index (χ2v) is 7.48. The van der Waals surface area contributed by atoms with Gasteiger partial charge < -0.3 is 10.6 Å². The van der Waals surface area contributed by atoms with E-state index in [0.717, 1.165) is 31.5 Å². The van der Waals surface area contributed by atoms with Gasteiger partial charge in [0.1, 0.15) is 0 Å². The molecular formula is C16H35N3. The quantitative estimate of drug-likeness (QED) is 0.734. The minimum Gasteiger partial charge on any atom is -0.329 e. The Hall–Kier alpha value is -0.120. The minimum atomic E-state index is 0.287. The highest BCUT2D eigenvalue weighted by atomic mass is 15.2. The summed E-state index contributed by atoms with van der Waals surface area (Å²) in [7, 11) is 4.31. The molecular weight excluding hydrogens is 234 g/mol. The smallest absolute Gasteiger partial charge is 0.0337 e. The van der Waals surface area contributed by atoms with E-state index in [0.29, 0.717) is 5.92 Å². The predicted octanol–water partition coefficient (Wildman–Crippen LogP) is 2.27. The summed E-state index contributed by atoms with van der Waals surface area (Å²) in [4.78, 5) is 4.95. The Morgan fingerprint density at radius 3 is 2.05 bits per heavy atom. The Balaban J connectivity index is 2.66. The Morgan fingerprint density at radius 2 is 1.68 bits per heavy atom. The van der Waals surface area contributed by atoms with Gasteiger partial charge >= 0.3 is 0 Å². The molecule has 0 bridgehead atoms. The van der Waals surface area contributed by atoms with Gasteiger partial charge in [0.25, 0.3) is 0 Å². The van der Waals surface area contributed by atoms with E-state index in [1.807, 2.05) is 0 Å². The molecule has 114 valence electrons. The third kappa shape index (κ3) is 4.44. The van der Waals surface area contributed by atoms with E-state index in [2.05, 4.69) is 51.6 Å². The van der Waals surface area contributed by atoms with E-state index in [1.165, 1.54) is 19.4 Å². The van der Waals surface area contributed by atoms with Crippen LogP contribution in [0.25, 0.3) is 0 Å². The molecule has 1 fully saturated rings. The molecule has 1 aliphatic rings. The van der Waals surface area contributed by atoms with Crippen LogP contribution in [0.5, 0.6) is 0 Å². The predicted molar refractivity (Wildman–Crippen MR) is 84.3 cm³/mol. The van der Waals surface area contributed by atoms with Crippen LogP contribution >= 0.6 is 0 Å². The Bertz CT molecular complexity index is 255. The zero-order chi connectivity index (χ0) is 14.6. The fourth-order valence-corrected chi connectivity index (χ4v) is 3.23. The average molecular weight is 269 g/mol. The molecule has 0 aromatic heterocycles. The Labute approximate surface area is 120 Å². The molecule has 0 aromatic rings. The van der Waals surface area contributed by atoms with Gasteiger partial charge in [-0.05, 0) is 44.7 Å². The van der Waals surface area contributed by atoms with Crippen molar-refractivity contribution in [1.29, 1.82) is 0 Å². The van der Waals surface area contributed by atoms with Crippen LogP contribution in [0.3, 0.4) is 0 Å². The first-order valence-corrected chi connectivity index (χ1v) is 7.90. The molecule has 3 nitrogen and oxygen atoms in total. The average Bonchev–Trinajstić information content (AvgIpc) is 2.23. The van der Waals surface area contributed by atoms with Crippen molar-refractivity contribution < 1.29 is 0 Å². The molecule has 3 heteroatoms. The van der Waals surface area contributed by atoms with Gasteiger partial charge in [-0.25, -0.2) is 0 Å². The molecule has 1 saturated carbocycles. The summed E-state index contributed by atoms with van der Waals surface area (Å²) in [5.74, 6) is 2.38. The molecule has 0 saturated heterocycles. The first-order valence-electron chi connectivity index (χ1n) is 7.90. The van der Waals surface area contributed by atoms with Crippen LogP contribution in [-0.4, -0.2) is 55.6 Å². The largest absolute Gasteiger partial charge is 0.329 e. The standard InChI is InChI=1S/C16H35N3/c1-13(2)11-19(8-7-18(5)6)16(12-17)9-15(10-16)14(3)4/h13-15H,7-12,17H2,1-6H3. The van der Waals surface area contributed by atoms with Crippen molar-refractivity contribution in [1.82, 2.24) is 9.80 Å². The molecule has 0 radical (unpaired) electrons. The van der Waals surface area contributed by atoms with Crippen LogP contribution in [-0.2, 0) is 0 Å². The van der Waals surface area contributed by atoms with Crippen molar-refractivity contribution in [3.8, 4) is 0 Å². The SMILES string of the molecule is CC(C)CN(CCN(C)C)C1(CN)CC(C(C)C)C1. The molecule has 0 atom stereocenters. The highest BCUT2D eigenvalue weighted by Gasteiger charge is 2.47. The lowest BCUT2D eigenvalue weighted by Gasteiger charge is -2.56. The highest BCUT2D eigenvalue weighted by Crippen LogP contribution is 2.45. The lowest BCUT2D eigenvalue weighted by molar-refractivity contribution is -0.0430. The summed E-state index contributed by atoms with van der Waals surface area (Å²) in [6.07, 6.45) is 2.59. The Kier molecular flexibility index (Phi) is 6.28. The zero-order valence-electron chi connectivity index (χ0n) is 13.9. The van der Waals surface area contributed by atoms with Crippen molar-refractivity contribution in [2.75, 3.05) is 40.3 Å². The third-order valence-corrected chi connectivity index (χ3v) is 4.68. The molecule has 0 heterocycles. The van der Waals surface area contributed by atoms with E-state index in [9.17, 15) is 0 Å². The van der Waals surface area contributed by atoms with Crippen molar-refractivity contribution in [2.45, 2.75) is 46.1 Å². The monoisotopic (exact) mass is 269 g/mol. The first-order chi connectivity index (χ1) is 8.80. The summed E-state index contributed by atoms with van der Waals surface area (Å²) >= 11 is 0. The molecule has 2 N–H and O–H groups in total. The summed E-state index contributed by atoms with van der Waals surface area (Å²) in [5.41, 5.74) is 6.45. The van der Waals surface area contributed by atoms with Crippen LogP contribution in [0.4, 0.5) is 0 Å². The number of nitrogens with zero attached hydrogens (tertiary/aromatic N) is 2. The van der Waals surface area contributed by atoms with Crippen molar-refractivity contribution >= 4 is 0 Å². The van der Waals surface area contributed by atoms with Crippen molar-refractivity contribution in [3.05, 3.63) is 0 Å². The fourth-order valence-electron chi connectivity index (χ4n) is 3.23.